The molecule has 0 unspecified atom stereocenters. The van der Waals surface area contributed by atoms with Gasteiger partial charge >= 0.3 is 0 Å². The third kappa shape index (κ3) is 2.54. The molecule has 10 heavy (non-hydrogen) atoms. The first-order chi connectivity index (χ1) is 4.93. The predicted molar refractivity (Wildman–Crippen MR) is 45.6 cm³/mol. The molecule has 1 aliphatic heterocycles. The highest BCUT2D eigenvalue weighted by Crippen LogP contribution is 2.32. The molecule has 0 radical (unpaired) electrons. The number of nitrogens with zero attached hydrogens (tertiary/aromatic N) is 1. The summed E-state index contributed by atoms with van der Waals surface area (Å²) in [6.07, 6.45) is 5.68. The molecule has 3 heteroatoms. The summed E-state index contributed by atoms with van der Waals surface area (Å²) in [5.74, 6) is 3.42. The van der Waals surface area contributed by atoms with Crippen LogP contribution in [0.5, 0.6) is 0 Å². The first kappa shape index (κ1) is 7.83. The molecule has 58 valence electrons. The summed E-state index contributed by atoms with van der Waals surface area (Å²) in [4.78, 5) is 13.4. The standard InChI is InChI=1S/C7H13NOS/c9-6-8-7-10-4-2-1-3-5-10/h10H,1-5,7H2. The van der Waals surface area contributed by atoms with Gasteiger partial charge in [0.1, 0.15) is 0 Å². The zero-order valence-electron chi connectivity index (χ0n) is 6.05. The Bertz CT molecular complexity index is 137. The van der Waals surface area contributed by atoms with Crippen molar-refractivity contribution in [3.63, 3.8) is 0 Å². The molecule has 1 heterocycles. The number of hydrogen-bond acceptors (Lipinski definition) is 2. The quantitative estimate of drug-likeness (QED) is 0.369. The number of isocyanates is 1. The maximum absolute atomic E-state index is 9.77. The third-order valence-electron chi connectivity index (χ3n) is 1.78. The summed E-state index contributed by atoms with van der Waals surface area (Å²) in [5, 5.41) is 0. The molecule has 1 aliphatic rings. The Labute approximate surface area is 64.1 Å². The summed E-state index contributed by atoms with van der Waals surface area (Å²) in [5.41, 5.74) is 0. The van der Waals surface area contributed by atoms with Crippen LogP contribution in [0.4, 0.5) is 0 Å². The van der Waals surface area contributed by atoms with Crippen LogP contribution < -0.4 is 0 Å². The van der Waals surface area contributed by atoms with Gasteiger partial charge in [-0.25, -0.2) is 15.7 Å². The summed E-state index contributed by atoms with van der Waals surface area (Å²) in [6.45, 7) is 0. The summed E-state index contributed by atoms with van der Waals surface area (Å²) in [7, 11) is 0.0932. The molecule has 0 spiro atoms. The van der Waals surface area contributed by atoms with E-state index in [0.29, 0.717) is 0 Å². The third-order valence-corrected chi connectivity index (χ3v) is 4.22. The minimum atomic E-state index is 0.0932. The van der Waals surface area contributed by atoms with Crippen LogP contribution in [0.1, 0.15) is 19.3 Å². The Morgan fingerprint density at radius 2 is 2.00 bits per heavy atom. The lowest BCUT2D eigenvalue weighted by molar-refractivity contribution is 0.564. The topological polar surface area (TPSA) is 29.4 Å². The zero-order valence-corrected chi connectivity index (χ0v) is 6.94. The SMILES string of the molecule is O=C=NC[SH]1CCCCC1. The van der Waals surface area contributed by atoms with Gasteiger partial charge in [0.05, 0.1) is 5.88 Å². The number of hydrogen-bond donors (Lipinski definition) is 1. The van der Waals surface area contributed by atoms with Crippen LogP contribution in [0.15, 0.2) is 4.99 Å². The maximum atomic E-state index is 9.77. The molecule has 0 aromatic rings. The fourth-order valence-electron chi connectivity index (χ4n) is 1.23. The lowest BCUT2D eigenvalue weighted by atomic mass is 10.3. The average Bonchev–Trinajstić information content (AvgIpc) is 2.03. The van der Waals surface area contributed by atoms with Crippen molar-refractivity contribution in [2.45, 2.75) is 19.3 Å². The Morgan fingerprint density at radius 1 is 1.30 bits per heavy atom. The molecule has 0 atom stereocenters. The van der Waals surface area contributed by atoms with Gasteiger partial charge in [0, 0.05) is 0 Å². The first-order valence-corrected chi connectivity index (χ1v) is 5.59. The Morgan fingerprint density at radius 3 is 2.60 bits per heavy atom. The zero-order chi connectivity index (χ0) is 7.23. The second-order valence-corrected chi connectivity index (χ2v) is 5.09. The van der Waals surface area contributed by atoms with E-state index in [2.05, 4.69) is 4.99 Å². The van der Waals surface area contributed by atoms with Gasteiger partial charge in [0.25, 0.3) is 0 Å². The van der Waals surface area contributed by atoms with Gasteiger partial charge in [0.15, 0.2) is 0 Å². The van der Waals surface area contributed by atoms with Crippen molar-refractivity contribution in [1.29, 1.82) is 0 Å². The van der Waals surface area contributed by atoms with Crippen molar-refractivity contribution < 1.29 is 4.79 Å². The number of aliphatic imine (C=N–C) groups is 1. The van der Waals surface area contributed by atoms with E-state index >= 15 is 0 Å². The van der Waals surface area contributed by atoms with E-state index in [4.69, 9.17) is 0 Å². The fraction of sp³-hybridized carbons (Fsp3) is 0.857. The van der Waals surface area contributed by atoms with E-state index in [1.807, 2.05) is 0 Å². The lowest BCUT2D eigenvalue weighted by Gasteiger charge is -2.22. The van der Waals surface area contributed by atoms with Crippen LogP contribution in [0.3, 0.4) is 0 Å². The maximum Gasteiger partial charge on any atom is 0.235 e. The number of rotatable bonds is 2. The second kappa shape index (κ2) is 4.53. The van der Waals surface area contributed by atoms with Gasteiger partial charge in [-0.1, -0.05) is 6.42 Å². The molecule has 1 saturated heterocycles. The van der Waals surface area contributed by atoms with Crippen LogP contribution >= 0.6 is 10.9 Å². The Kier molecular flexibility index (Phi) is 3.55. The van der Waals surface area contributed by atoms with Crippen molar-refractivity contribution in [1.82, 2.24) is 0 Å². The first-order valence-electron chi connectivity index (χ1n) is 3.69. The van der Waals surface area contributed by atoms with Gasteiger partial charge in [-0.3, -0.25) is 0 Å². The van der Waals surface area contributed by atoms with Crippen molar-refractivity contribution >= 4 is 17.0 Å². The Hall–Kier alpha value is -0.270. The predicted octanol–water partition coefficient (Wildman–Crippen LogP) is 1.46. The minimum Gasteiger partial charge on any atom is -0.233 e. The summed E-state index contributed by atoms with van der Waals surface area (Å²) >= 11 is 0. The molecule has 0 aromatic heterocycles. The highest BCUT2D eigenvalue weighted by Gasteiger charge is 2.07. The van der Waals surface area contributed by atoms with Gasteiger partial charge < -0.3 is 0 Å². The molecule has 0 amide bonds. The molecule has 1 fully saturated rings. The minimum absolute atomic E-state index is 0.0932. The van der Waals surface area contributed by atoms with Crippen LogP contribution in [-0.4, -0.2) is 23.5 Å². The van der Waals surface area contributed by atoms with Crippen LogP contribution in [0, 0.1) is 0 Å². The molecule has 0 aliphatic carbocycles. The van der Waals surface area contributed by atoms with E-state index < -0.39 is 0 Å². The van der Waals surface area contributed by atoms with E-state index in [1.54, 1.807) is 6.08 Å². The highest BCUT2D eigenvalue weighted by atomic mass is 32.2. The monoisotopic (exact) mass is 159 g/mol. The van der Waals surface area contributed by atoms with E-state index in [-0.39, 0.29) is 10.9 Å². The molecule has 0 saturated carbocycles. The van der Waals surface area contributed by atoms with Crippen molar-refractivity contribution in [2.75, 3.05) is 17.4 Å². The van der Waals surface area contributed by atoms with Crippen molar-refractivity contribution in [2.24, 2.45) is 4.99 Å². The molecule has 1 rings (SSSR count). The fourth-order valence-corrected chi connectivity index (χ4v) is 3.34. The number of thiol groups is 1. The van der Waals surface area contributed by atoms with Crippen LogP contribution in [-0.2, 0) is 4.79 Å². The molecule has 0 aromatic carbocycles. The largest absolute Gasteiger partial charge is 0.235 e. The van der Waals surface area contributed by atoms with E-state index in [0.717, 1.165) is 5.88 Å². The van der Waals surface area contributed by atoms with Gasteiger partial charge in [-0.2, -0.15) is 4.99 Å². The van der Waals surface area contributed by atoms with Crippen LogP contribution in [0.2, 0.25) is 0 Å². The van der Waals surface area contributed by atoms with Gasteiger partial charge in [-0.15, -0.1) is 0 Å². The van der Waals surface area contributed by atoms with Crippen molar-refractivity contribution in [3.8, 4) is 0 Å². The van der Waals surface area contributed by atoms with Crippen LogP contribution in [0.25, 0.3) is 0 Å². The molecule has 2 nitrogen and oxygen atoms in total. The average molecular weight is 159 g/mol. The lowest BCUT2D eigenvalue weighted by Crippen LogP contribution is -2.04. The van der Waals surface area contributed by atoms with E-state index in [1.165, 1.54) is 30.8 Å². The molecule has 0 bridgehead atoms. The summed E-state index contributed by atoms with van der Waals surface area (Å²) in [6, 6.07) is 0. The molecular formula is C7H13NOS. The van der Waals surface area contributed by atoms with Gasteiger partial charge in [0.2, 0.25) is 6.08 Å². The summed E-state index contributed by atoms with van der Waals surface area (Å²) < 4.78 is 0. The van der Waals surface area contributed by atoms with E-state index in [9.17, 15) is 4.79 Å². The number of carbonyl (C=O) groups excluding carboxylic acids is 1. The van der Waals surface area contributed by atoms with Crippen molar-refractivity contribution in [3.05, 3.63) is 0 Å². The smallest absolute Gasteiger partial charge is 0.233 e. The normalized spacial score (nSPS) is 21.8. The molecule has 0 N–H and O–H groups in total. The Balaban J connectivity index is 2.19. The van der Waals surface area contributed by atoms with Gasteiger partial charge in [-0.05, 0) is 24.3 Å². The molecular weight excluding hydrogens is 146 g/mol. The highest BCUT2D eigenvalue weighted by molar-refractivity contribution is 8.17. The second-order valence-electron chi connectivity index (χ2n) is 2.57.